The molecule has 132 valence electrons. The monoisotopic (exact) mass is 419 g/mol. The van der Waals surface area contributed by atoms with Crippen molar-refractivity contribution in [2.45, 2.75) is 13.5 Å². The van der Waals surface area contributed by atoms with Gasteiger partial charge in [0.2, 0.25) is 0 Å². The fourth-order valence-electron chi connectivity index (χ4n) is 2.47. The summed E-state index contributed by atoms with van der Waals surface area (Å²) in [6, 6.07) is 17.9. The summed E-state index contributed by atoms with van der Waals surface area (Å²) in [6.45, 7) is 3.21. The van der Waals surface area contributed by atoms with Crippen LogP contribution in [0.3, 0.4) is 0 Å². The molecule has 0 saturated carbocycles. The summed E-state index contributed by atoms with van der Waals surface area (Å²) in [5.41, 5.74) is 3.06. The average molecular weight is 420 g/mol. The smallest absolute Gasteiger partial charge is 0.190 e. The first-order valence-corrected chi connectivity index (χ1v) is 8.82. The van der Waals surface area contributed by atoms with E-state index in [-0.39, 0.29) is 23.6 Å². The first-order valence-electron chi connectivity index (χ1n) is 7.94. The summed E-state index contributed by atoms with van der Waals surface area (Å²) in [5, 5.41) is 11.5. The van der Waals surface area contributed by atoms with Crippen LogP contribution in [0.4, 0.5) is 5.69 Å². The number of halogens is 1. The van der Waals surface area contributed by atoms with Crippen molar-refractivity contribution < 1.29 is 26.8 Å². The van der Waals surface area contributed by atoms with Gasteiger partial charge in [0.1, 0.15) is 5.75 Å². The Morgan fingerprint density at radius 3 is 2.44 bits per heavy atom. The highest BCUT2D eigenvalue weighted by Gasteiger charge is 2.07. The first-order chi connectivity index (χ1) is 11.8. The number of benzene rings is 2. The van der Waals surface area contributed by atoms with Crippen molar-refractivity contribution in [3.63, 3.8) is 0 Å². The number of hydrogen-bond acceptors (Lipinski definition) is 4. The van der Waals surface area contributed by atoms with E-state index in [1.165, 1.54) is 0 Å². The van der Waals surface area contributed by atoms with E-state index < -0.39 is 0 Å². The van der Waals surface area contributed by atoms with E-state index in [4.69, 9.17) is 9.73 Å². The van der Waals surface area contributed by atoms with Gasteiger partial charge in [-0.2, -0.15) is 0 Å². The van der Waals surface area contributed by atoms with Crippen LogP contribution in [0, 0.1) is 0 Å². The van der Waals surface area contributed by atoms with E-state index in [0.717, 1.165) is 27.5 Å². The third kappa shape index (κ3) is 4.81. The van der Waals surface area contributed by atoms with Crippen LogP contribution in [-0.4, -0.2) is 22.9 Å². The molecule has 25 heavy (non-hydrogen) atoms. The zero-order chi connectivity index (χ0) is 16.8. The van der Waals surface area contributed by atoms with Crippen LogP contribution in [0.2, 0.25) is 0 Å². The number of rotatable bonds is 6. The molecule has 0 aliphatic rings. The van der Waals surface area contributed by atoms with Crippen molar-refractivity contribution in [2.24, 2.45) is 4.99 Å². The van der Waals surface area contributed by atoms with Crippen molar-refractivity contribution in [1.29, 1.82) is 0 Å². The number of nitrogens with zero attached hydrogens (tertiary/aromatic N) is 2. The Labute approximate surface area is 161 Å². The molecule has 0 fully saturated rings. The minimum atomic E-state index is 0. The van der Waals surface area contributed by atoms with E-state index >= 15 is 0 Å². The molecule has 0 aliphatic carbocycles. The predicted octanol–water partition coefficient (Wildman–Crippen LogP) is 0.844. The molecule has 0 radical (unpaired) electrons. The lowest BCUT2D eigenvalue weighted by molar-refractivity contribution is -0.00000647. The van der Waals surface area contributed by atoms with Gasteiger partial charge in [0.05, 0.1) is 24.6 Å². The molecule has 0 unspecified atom stereocenters. The fraction of sp³-hybridized carbons (Fsp3) is 0.211. The van der Waals surface area contributed by atoms with E-state index in [0.29, 0.717) is 13.2 Å². The maximum absolute atomic E-state index is 9.42. The summed E-state index contributed by atoms with van der Waals surface area (Å²) in [7, 11) is 0. The molecule has 0 spiro atoms. The summed E-state index contributed by atoms with van der Waals surface area (Å²) in [6.07, 6.45) is 0. The second-order valence-corrected chi connectivity index (χ2v) is 6.02. The van der Waals surface area contributed by atoms with Gasteiger partial charge >= 0.3 is 0 Å². The van der Waals surface area contributed by atoms with Crippen molar-refractivity contribution in [2.75, 3.05) is 13.2 Å². The van der Waals surface area contributed by atoms with Crippen LogP contribution >= 0.6 is 11.3 Å². The quantitative estimate of drug-likeness (QED) is 0.643. The summed E-state index contributed by atoms with van der Waals surface area (Å²) in [4.78, 5) is 5.59. The van der Waals surface area contributed by atoms with Gasteiger partial charge in [-0.25, -0.2) is 4.99 Å². The highest BCUT2D eigenvalue weighted by atomic mass is 79.9. The lowest BCUT2D eigenvalue weighted by atomic mass is 10.2. The molecule has 0 atom stereocenters. The number of ether oxygens (including phenoxy) is 1. The molecule has 0 saturated heterocycles. The van der Waals surface area contributed by atoms with Crippen LogP contribution in [0.15, 0.2) is 65.0 Å². The Kier molecular flexibility index (Phi) is 7.43. The maximum Gasteiger partial charge on any atom is 0.190 e. The summed E-state index contributed by atoms with van der Waals surface area (Å²) >= 11 is 1.57. The lowest BCUT2D eigenvalue weighted by Gasteiger charge is -2.07. The average Bonchev–Trinajstić information content (AvgIpc) is 3.01. The van der Waals surface area contributed by atoms with Crippen LogP contribution in [0.25, 0.3) is 11.3 Å². The van der Waals surface area contributed by atoms with Gasteiger partial charge in [0, 0.05) is 11.9 Å². The first kappa shape index (κ1) is 19.4. The van der Waals surface area contributed by atoms with E-state index in [1.54, 1.807) is 11.3 Å². The molecule has 1 heterocycles. The molecule has 3 rings (SSSR count). The molecule has 1 aromatic heterocycles. The van der Waals surface area contributed by atoms with Crippen LogP contribution in [-0.2, 0) is 6.54 Å². The Balaban J connectivity index is 0.00000225. The number of hydrogen-bond donors (Lipinski definition) is 1. The molecule has 1 N–H and O–H groups in total. The Hall–Kier alpha value is -1.89. The van der Waals surface area contributed by atoms with Gasteiger partial charge in [-0.1, -0.05) is 30.3 Å². The van der Waals surface area contributed by atoms with Crippen molar-refractivity contribution in [3.05, 3.63) is 64.8 Å². The molecule has 0 bridgehead atoms. The number of aliphatic hydroxyl groups excluding tert-OH is 1. The number of thiazole rings is 1. The Morgan fingerprint density at radius 1 is 1.08 bits per heavy atom. The molecule has 4 nitrogen and oxygen atoms in total. The molecular formula is C19H20BrN2O2S-. The SMILES string of the molecule is CCOc1ccc(N=c2scc(-c3ccccc3)n2CCO)cc1.[Br-]. The van der Waals surface area contributed by atoms with Gasteiger partial charge < -0.3 is 31.4 Å². The van der Waals surface area contributed by atoms with Gasteiger partial charge in [0.25, 0.3) is 0 Å². The number of aromatic nitrogens is 1. The minimum Gasteiger partial charge on any atom is -1.00 e. The standard InChI is InChI=1S/C19H20N2O2S.BrH/c1-2-23-17-10-8-16(9-11-17)20-19-21(12-13-22)18(14-24-19)15-6-4-3-5-7-15;/h3-11,14,22H,2,12-13H2,1H3;1H/p-1. The van der Waals surface area contributed by atoms with Crippen LogP contribution in [0.1, 0.15) is 6.92 Å². The second kappa shape index (κ2) is 9.56. The highest BCUT2D eigenvalue weighted by molar-refractivity contribution is 7.07. The molecule has 0 amide bonds. The van der Waals surface area contributed by atoms with Gasteiger partial charge in [-0.05, 0) is 36.8 Å². The van der Waals surface area contributed by atoms with Crippen LogP contribution < -0.4 is 26.5 Å². The van der Waals surface area contributed by atoms with Crippen molar-refractivity contribution >= 4 is 17.0 Å². The fourth-order valence-corrected chi connectivity index (χ4v) is 3.42. The minimum absolute atomic E-state index is 0. The van der Waals surface area contributed by atoms with Crippen LogP contribution in [0.5, 0.6) is 5.75 Å². The van der Waals surface area contributed by atoms with Crippen molar-refractivity contribution in [1.82, 2.24) is 4.57 Å². The Morgan fingerprint density at radius 2 is 1.80 bits per heavy atom. The van der Waals surface area contributed by atoms with Gasteiger partial charge in [-0.15, -0.1) is 11.3 Å². The summed E-state index contributed by atoms with van der Waals surface area (Å²) in [5.74, 6) is 0.843. The third-order valence-corrected chi connectivity index (χ3v) is 4.43. The normalized spacial score (nSPS) is 11.2. The zero-order valence-corrected chi connectivity index (χ0v) is 16.3. The number of aliphatic hydroxyl groups is 1. The lowest BCUT2D eigenvalue weighted by Crippen LogP contribution is -3.00. The highest BCUT2D eigenvalue weighted by Crippen LogP contribution is 2.21. The largest absolute Gasteiger partial charge is 1.00 e. The molecular weight excluding hydrogens is 400 g/mol. The van der Waals surface area contributed by atoms with E-state index in [2.05, 4.69) is 22.1 Å². The Bertz CT molecular complexity index is 842. The molecule has 6 heteroatoms. The molecule has 2 aromatic carbocycles. The zero-order valence-electron chi connectivity index (χ0n) is 13.9. The van der Waals surface area contributed by atoms with Crippen molar-refractivity contribution in [3.8, 4) is 17.0 Å². The van der Waals surface area contributed by atoms with Gasteiger partial charge in [0.15, 0.2) is 4.80 Å². The predicted molar refractivity (Wildman–Crippen MR) is 97.7 cm³/mol. The van der Waals surface area contributed by atoms with E-state index in [1.807, 2.05) is 49.4 Å². The third-order valence-electron chi connectivity index (χ3n) is 3.56. The topological polar surface area (TPSA) is 46.8 Å². The second-order valence-electron chi connectivity index (χ2n) is 5.18. The summed E-state index contributed by atoms with van der Waals surface area (Å²) < 4.78 is 7.51. The molecule has 3 aromatic rings. The maximum atomic E-state index is 9.42. The van der Waals surface area contributed by atoms with E-state index in [9.17, 15) is 5.11 Å². The van der Waals surface area contributed by atoms with Gasteiger partial charge in [-0.3, -0.25) is 0 Å². The molecule has 0 aliphatic heterocycles.